The molecule has 2 amide bonds. The second-order valence-electron chi connectivity index (χ2n) is 5.81. The van der Waals surface area contributed by atoms with Crippen LogP contribution in [0.3, 0.4) is 0 Å². The summed E-state index contributed by atoms with van der Waals surface area (Å²) in [4.78, 5) is 25.3. The molecule has 138 valence electrons. The quantitative estimate of drug-likeness (QED) is 0.589. The summed E-state index contributed by atoms with van der Waals surface area (Å²) in [6.45, 7) is 3.86. The molecule has 0 saturated heterocycles. The van der Waals surface area contributed by atoms with Crippen LogP contribution < -0.4 is 4.74 Å². The molecule has 0 atom stereocenters. The normalized spacial score (nSPS) is 15.2. The third-order valence-corrected chi connectivity index (χ3v) is 4.54. The highest BCUT2D eigenvalue weighted by Gasteiger charge is 2.33. The second kappa shape index (κ2) is 7.75. The van der Waals surface area contributed by atoms with Gasteiger partial charge in [0.05, 0.1) is 22.4 Å². The number of halogens is 1. The first-order valence-electron chi connectivity index (χ1n) is 8.28. The van der Waals surface area contributed by atoms with Gasteiger partial charge in [0.15, 0.2) is 11.5 Å². The van der Waals surface area contributed by atoms with Gasteiger partial charge in [-0.3, -0.25) is 9.59 Å². The number of hydrogen-bond donors (Lipinski definition) is 1. The summed E-state index contributed by atoms with van der Waals surface area (Å²) >= 11 is 3.27. The van der Waals surface area contributed by atoms with Crippen LogP contribution in [0.1, 0.15) is 29.8 Å². The predicted molar refractivity (Wildman–Crippen MR) is 106 cm³/mol. The van der Waals surface area contributed by atoms with Gasteiger partial charge < -0.3 is 9.84 Å². The zero-order valence-electron chi connectivity index (χ0n) is 14.8. The Morgan fingerprint density at radius 2 is 2.00 bits per heavy atom. The predicted octanol–water partition coefficient (Wildman–Crippen LogP) is 4.00. The van der Waals surface area contributed by atoms with Crippen LogP contribution in [0.4, 0.5) is 0 Å². The minimum atomic E-state index is -0.497. The van der Waals surface area contributed by atoms with E-state index in [0.29, 0.717) is 39.2 Å². The Morgan fingerprint density at radius 1 is 1.30 bits per heavy atom. The molecule has 0 aromatic heterocycles. The molecule has 0 radical (unpaired) electrons. The Balaban J connectivity index is 1.94. The largest absolute Gasteiger partial charge is 0.503 e. The van der Waals surface area contributed by atoms with Crippen LogP contribution >= 0.6 is 15.9 Å². The lowest BCUT2D eigenvalue weighted by atomic mass is 10.1. The number of carbonyl (C=O) groups excluding carboxylic acids is 2. The highest BCUT2D eigenvalue weighted by atomic mass is 79.9. The lowest BCUT2D eigenvalue weighted by molar-refractivity contribution is -0.123. The highest BCUT2D eigenvalue weighted by molar-refractivity contribution is 9.10. The number of hydrazone groups is 1. The van der Waals surface area contributed by atoms with Crippen molar-refractivity contribution < 1.29 is 19.4 Å². The smallest absolute Gasteiger partial charge is 0.283 e. The summed E-state index contributed by atoms with van der Waals surface area (Å²) in [5.41, 5.74) is 1.76. The number of ether oxygens (including phenoxy) is 1. The molecule has 1 N–H and O–H groups in total. The maximum absolute atomic E-state index is 12.7. The molecule has 0 aliphatic carbocycles. The number of nitrogens with zero attached hydrogens (tertiary/aromatic N) is 2. The molecule has 0 fully saturated rings. The van der Waals surface area contributed by atoms with E-state index < -0.39 is 11.8 Å². The molecule has 1 aliphatic rings. The summed E-state index contributed by atoms with van der Waals surface area (Å²) in [6, 6.07) is 11.8. The molecule has 7 heteroatoms. The van der Waals surface area contributed by atoms with E-state index in [2.05, 4.69) is 21.0 Å². The van der Waals surface area contributed by atoms with Gasteiger partial charge in [0.25, 0.3) is 11.8 Å². The lowest BCUT2D eigenvalue weighted by Crippen LogP contribution is -2.29. The molecule has 0 saturated carbocycles. The van der Waals surface area contributed by atoms with E-state index in [-0.39, 0.29) is 5.75 Å². The van der Waals surface area contributed by atoms with Crippen molar-refractivity contribution in [1.82, 2.24) is 5.01 Å². The zero-order valence-corrected chi connectivity index (χ0v) is 16.4. The van der Waals surface area contributed by atoms with Crippen molar-refractivity contribution in [3.05, 3.63) is 63.6 Å². The van der Waals surface area contributed by atoms with Crippen molar-refractivity contribution in [2.75, 3.05) is 6.61 Å². The number of phenols is 1. The van der Waals surface area contributed by atoms with Crippen LogP contribution in [0.25, 0.3) is 6.08 Å². The molecule has 27 heavy (non-hydrogen) atoms. The van der Waals surface area contributed by atoms with Crippen molar-refractivity contribution >= 4 is 39.5 Å². The molecule has 1 heterocycles. The number of aromatic hydroxyl groups is 1. The van der Waals surface area contributed by atoms with E-state index in [1.165, 1.54) is 0 Å². The molecule has 2 aromatic carbocycles. The summed E-state index contributed by atoms with van der Waals surface area (Å²) in [5.74, 6) is -0.687. The number of benzene rings is 2. The summed E-state index contributed by atoms with van der Waals surface area (Å²) in [7, 11) is 0. The highest BCUT2D eigenvalue weighted by Crippen LogP contribution is 2.36. The number of amides is 2. The van der Waals surface area contributed by atoms with Gasteiger partial charge in [-0.15, -0.1) is 0 Å². The van der Waals surface area contributed by atoms with Crippen molar-refractivity contribution in [3.63, 3.8) is 0 Å². The SMILES string of the molecule is CCOc1cc(/C=C2/C(=O)N(C(=O)c3ccccc3)N=C2C)cc(Br)c1O. The van der Waals surface area contributed by atoms with Crippen LogP contribution in [0.5, 0.6) is 11.5 Å². The molecule has 1 aliphatic heterocycles. The molecule has 3 rings (SSSR count). The topological polar surface area (TPSA) is 79.2 Å². The summed E-state index contributed by atoms with van der Waals surface area (Å²) in [5, 5.41) is 15.0. The van der Waals surface area contributed by atoms with Crippen molar-refractivity contribution in [2.45, 2.75) is 13.8 Å². The second-order valence-corrected chi connectivity index (χ2v) is 6.67. The third-order valence-electron chi connectivity index (χ3n) is 3.94. The molecular weight excluding hydrogens is 412 g/mol. The molecule has 2 aromatic rings. The lowest BCUT2D eigenvalue weighted by Gasteiger charge is -2.10. The number of phenolic OH excluding ortho intramolecular Hbond substituents is 1. The maximum atomic E-state index is 12.7. The van der Waals surface area contributed by atoms with E-state index >= 15 is 0 Å². The maximum Gasteiger partial charge on any atom is 0.283 e. The van der Waals surface area contributed by atoms with Gasteiger partial charge in [-0.2, -0.15) is 10.1 Å². The first kappa shape index (κ1) is 18.8. The monoisotopic (exact) mass is 428 g/mol. The van der Waals surface area contributed by atoms with Gasteiger partial charge in [-0.25, -0.2) is 0 Å². The summed E-state index contributed by atoms with van der Waals surface area (Å²) < 4.78 is 5.85. The van der Waals surface area contributed by atoms with Gasteiger partial charge in [0.1, 0.15) is 0 Å². The number of hydrogen-bond acceptors (Lipinski definition) is 5. The van der Waals surface area contributed by atoms with Crippen LogP contribution in [0, 0.1) is 0 Å². The number of carbonyl (C=O) groups is 2. The van der Waals surface area contributed by atoms with Crippen LogP contribution in [-0.4, -0.2) is 34.2 Å². The van der Waals surface area contributed by atoms with E-state index in [4.69, 9.17) is 4.74 Å². The number of imide groups is 1. The molecule has 0 unspecified atom stereocenters. The molecular formula is C20H17BrN2O4. The third kappa shape index (κ3) is 3.78. The first-order valence-corrected chi connectivity index (χ1v) is 9.08. The van der Waals surface area contributed by atoms with Crippen molar-refractivity contribution in [3.8, 4) is 11.5 Å². The molecule has 0 bridgehead atoms. The fraction of sp³-hybridized carbons (Fsp3) is 0.150. The van der Waals surface area contributed by atoms with Gasteiger partial charge >= 0.3 is 0 Å². The Hall–Kier alpha value is -2.93. The fourth-order valence-electron chi connectivity index (χ4n) is 2.63. The Morgan fingerprint density at radius 3 is 2.67 bits per heavy atom. The molecule has 0 spiro atoms. The van der Waals surface area contributed by atoms with E-state index in [1.54, 1.807) is 55.5 Å². The van der Waals surface area contributed by atoms with Gasteiger partial charge in [0.2, 0.25) is 0 Å². The van der Waals surface area contributed by atoms with Crippen LogP contribution in [-0.2, 0) is 4.79 Å². The number of rotatable bonds is 4. The van der Waals surface area contributed by atoms with E-state index in [9.17, 15) is 14.7 Å². The first-order chi connectivity index (χ1) is 12.9. The minimum Gasteiger partial charge on any atom is -0.503 e. The average molecular weight is 429 g/mol. The Bertz CT molecular complexity index is 967. The van der Waals surface area contributed by atoms with Crippen molar-refractivity contribution in [2.24, 2.45) is 5.10 Å². The average Bonchev–Trinajstić information content (AvgIpc) is 2.94. The Kier molecular flexibility index (Phi) is 5.41. The minimum absolute atomic E-state index is 0.0111. The zero-order chi connectivity index (χ0) is 19.6. The van der Waals surface area contributed by atoms with Gasteiger partial charge in [-0.05, 0) is 65.7 Å². The molecule has 6 nitrogen and oxygen atoms in total. The van der Waals surface area contributed by atoms with Crippen LogP contribution in [0.15, 0.2) is 57.6 Å². The van der Waals surface area contributed by atoms with Gasteiger partial charge in [0, 0.05) is 5.56 Å². The Labute approximate surface area is 164 Å². The van der Waals surface area contributed by atoms with Crippen LogP contribution in [0.2, 0.25) is 0 Å². The van der Waals surface area contributed by atoms with Crippen molar-refractivity contribution in [1.29, 1.82) is 0 Å². The van der Waals surface area contributed by atoms with Gasteiger partial charge in [-0.1, -0.05) is 18.2 Å². The standard InChI is InChI=1S/C20H17BrN2O4/c1-3-27-17-11-13(10-16(21)18(17)24)9-15-12(2)22-23(20(15)26)19(25)14-7-5-4-6-8-14/h4-11,24H,3H2,1-2H3/b15-9+. The fourth-order valence-corrected chi connectivity index (χ4v) is 3.09. The van der Waals surface area contributed by atoms with E-state index in [1.807, 2.05) is 6.92 Å². The van der Waals surface area contributed by atoms with E-state index in [0.717, 1.165) is 5.01 Å². The summed E-state index contributed by atoms with van der Waals surface area (Å²) in [6.07, 6.45) is 1.62.